The van der Waals surface area contributed by atoms with Crippen LogP contribution in [0.15, 0.2) is 42.5 Å². The highest BCUT2D eigenvalue weighted by Crippen LogP contribution is 2.44. The predicted octanol–water partition coefficient (Wildman–Crippen LogP) is 4.37. The summed E-state index contributed by atoms with van der Waals surface area (Å²) in [6.45, 7) is 5.00. The number of hydrogen-bond acceptors (Lipinski definition) is 3. The van der Waals surface area contributed by atoms with Crippen LogP contribution in [0.4, 0.5) is 10.5 Å². The fourth-order valence-electron chi connectivity index (χ4n) is 4.16. The molecule has 0 aromatic heterocycles. The number of halogens is 2. The van der Waals surface area contributed by atoms with E-state index in [9.17, 15) is 9.59 Å². The van der Waals surface area contributed by atoms with E-state index < -0.39 is 5.54 Å². The molecule has 0 radical (unpaired) electrons. The molecule has 2 aromatic rings. The molecule has 166 valence electrons. The maximum Gasteiger partial charge on any atom is 0.316 e. The van der Waals surface area contributed by atoms with Crippen LogP contribution in [0.2, 0.25) is 10.0 Å². The zero-order valence-electron chi connectivity index (χ0n) is 18.2. The lowest BCUT2D eigenvalue weighted by Gasteiger charge is -2.42. The Kier molecular flexibility index (Phi) is 7.14. The van der Waals surface area contributed by atoms with E-state index in [0.29, 0.717) is 35.2 Å². The molecular weight excluding hydrogens is 435 g/mol. The SMILES string of the molecule is CC(C)N(CCNC(=O)N(C)C)C1(Cc2cccc(Cl)c2)C(=O)Nc2cc(Cl)ccc21. The molecule has 1 heterocycles. The lowest BCUT2D eigenvalue weighted by Crippen LogP contribution is -2.57. The van der Waals surface area contributed by atoms with Crippen molar-refractivity contribution in [2.75, 3.05) is 32.5 Å². The monoisotopic (exact) mass is 462 g/mol. The van der Waals surface area contributed by atoms with E-state index in [0.717, 1.165) is 11.1 Å². The van der Waals surface area contributed by atoms with Gasteiger partial charge in [-0.2, -0.15) is 0 Å². The maximum absolute atomic E-state index is 13.6. The van der Waals surface area contributed by atoms with Gasteiger partial charge in [-0.25, -0.2) is 4.79 Å². The van der Waals surface area contributed by atoms with E-state index in [1.165, 1.54) is 4.90 Å². The summed E-state index contributed by atoms with van der Waals surface area (Å²) in [7, 11) is 3.39. The van der Waals surface area contributed by atoms with Gasteiger partial charge in [0.25, 0.3) is 0 Å². The first-order valence-corrected chi connectivity index (χ1v) is 11.0. The van der Waals surface area contributed by atoms with E-state index in [1.54, 1.807) is 26.2 Å². The second-order valence-corrected chi connectivity index (χ2v) is 9.10. The van der Waals surface area contributed by atoms with Crippen LogP contribution in [0, 0.1) is 0 Å². The number of hydrogen-bond donors (Lipinski definition) is 2. The van der Waals surface area contributed by atoms with Crippen LogP contribution in [-0.2, 0) is 16.8 Å². The Morgan fingerprint density at radius 2 is 1.84 bits per heavy atom. The van der Waals surface area contributed by atoms with Crippen LogP contribution in [0.3, 0.4) is 0 Å². The molecule has 8 heteroatoms. The summed E-state index contributed by atoms with van der Waals surface area (Å²) < 4.78 is 0. The summed E-state index contributed by atoms with van der Waals surface area (Å²) in [5.41, 5.74) is 1.58. The zero-order chi connectivity index (χ0) is 22.8. The summed E-state index contributed by atoms with van der Waals surface area (Å²) in [4.78, 5) is 29.2. The summed E-state index contributed by atoms with van der Waals surface area (Å²) in [6, 6.07) is 12.9. The molecule has 0 saturated heterocycles. The number of carbonyl (C=O) groups is 2. The Balaban J connectivity index is 2.04. The van der Waals surface area contributed by atoms with Crippen molar-refractivity contribution in [3.8, 4) is 0 Å². The topological polar surface area (TPSA) is 64.7 Å². The van der Waals surface area contributed by atoms with Crippen LogP contribution in [-0.4, -0.2) is 55.0 Å². The molecule has 3 amide bonds. The van der Waals surface area contributed by atoms with Crippen LogP contribution < -0.4 is 10.6 Å². The maximum atomic E-state index is 13.6. The van der Waals surface area contributed by atoms with Gasteiger partial charge in [-0.15, -0.1) is 0 Å². The lowest BCUT2D eigenvalue weighted by atomic mass is 9.82. The van der Waals surface area contributed by atoms with E-state index in [4.69, 9.17) is 23.2 Å². The largest absolute Gasteiger partial charge is 0.337 e. The molecule has 2 aromatic carbocycles. The number of benzene rings is 2. The Morgan fingerprint density at radius 3 is 2.48 bits per heavy atom. The smallest absolute Gasteiger partial charge is 0.316 e. The normalized spacial score (nSPS) is 17.6. The van der Waals surface area contributed by atoms with Gasteiger partial charge in [0, 0.05) is 60.9 Å². The first-order valence-electron chi connectivity index (χ1n) is 10.2. The van der Waals surface area contributed by atoms with Crippen molar-refractivity contribution < 1.29 is 9.59 Å². The van der Waals surface area contributed by atoms with Crippen molar-refractivity contribution in [3.05, 3.63) is 63.6 Å². The molecule has 0 bridgehead atoms. The van der Waals surface area contributed by atoms with Crippen molar-refractivity contribution >= 4 is 40.8 Å². The Hall–Kier alpha value is -2.28. The van der Waals surface area contributed by atoms with E-state index in [1.807, 2.05) is 30.3 Å². The number of amides is 3. The number of nitrogens with zero attached hydrogens (tertiary/aromatic N) is 2. The molecule has 1 aliphatic rings. The molecule has 31 heavy (non-hydrogen) atoms. The van der Waals surface area contributed by atoms with Crippen LogP contribution in [0.25, 0.3) is 0 Å². The summed E-state index contributed by atoms with van der Waals surface area (Å²) in [6.07, 6.45) is 0.438. The second-order valence-electron chi connectivity index (χ2n) is 8.22. The van der Waals surface area contributed by atoms with Crippen LogP contribution in [0.5, 0.6) is 0 Å². The second kappa shape index (κ2) is 9.47. The van der Waals surface area contributed by atoms with Crippen molar-refractivity contribution in [2.24, 2.45) is 0 Å². The van der Waals surface area contributed by atoms with Gasteiger partial charge in [0.15, 0.2) is 0 Å². The third-order valence-corrected chi connectivity index (χ3v) is 6.02. The van der Waals surface area contributed by atoms with Gasteiger partial charge in [-0.3, -0.25) is 9.69 Å². The summed E-state index contributed by atoms with van der Waals surface area (Å²) >= 11 is 12.4. The van der Waals surface area contributed by atoms with E-state index in [2.05, 4.69) is 29.4 Å². The molecule has 1 atom stereocenters. The number of urea groups is 1. The molecule has 2 N–H and O–H groups in total. The highest BCUT2D eigenvalue weighted by atomic mass is 35.5. The fourth-order valence-corrected chi connectivity index (χ4v) is 4.55. The standard InChI is InChI=1S/C23H28Cl2N4O2/c1-15(2)29(11-10-26-22(31)28(3)4)23(14-16-6-5-7-17(24)12-16)19-9-8-18(25)13-20(19)27-21(23)30/h5-9,12-13,15H,10-11,14H2,1-4H3,(H,26,31)(H,27,30). The molecule has 3 rings (SSSR count). The van der Waals surface area contributed by atoms with Gasteiger partial charge < -0.3 is 15.5 Å². The van der Waals surface area contributed by atoms with Crippen molar-refractivity contribution in [3.63, 3.8) is 0 Å². The number of rotatable bonds is 7. The molecule has 6 nitrogen and oxygen atoms in total. The van der Waals surface area contributed by atoms with Crippen LogP contribution >= 0.6 is 23.2 Å². The van der Waals surface area contributed by atoms with Gasteiger partial charge in [0.05, 0.1) is 0 Å². The minimum Gasteiger partial charge on any atom is -0.337 e. The summed E-state index contributed by atoms with van der Waals surface area (Å²) in [5, 5.41) is 7.11. The molecule has 1 unspecified atom stereocenters. The molecule has 0 saturated carbocycles. The average molecular weight is 463 g/mol. The Bertz CT molecular complexity index is 980. The zero-order valence-corrected chi connectivity index (χ0v) is 19.7. The summed E-state index contributed by atoms with van der Waals surface area (Å²) in [5.74, 6) is -0.114. The highest BCUT2D eigenvalue weighted by Gasteiger charge is 2.51. The van der Waals surface area contributed by atoms with Gasteiger partial charge in [0.2, 0.25) is 5.91 Å². The van der Waals surface area contributed by atoms with E-state index >= 15 is 0 Å². The highest BCUT2D eigenvalue weighted by molar-refractivity contribution is 6.31. The predicted molar refractivity (Wildman–Crippen MR) is 126 cm³/mol. The van der Waals surface area contributed by atoms with Gasteiger partial charge in [-0.1, -0.05) is 41.4 Å². The van der Waals surface area contributed by atoms with Gasteiger partial charge >= 0.3 is 6.03 Å². The Labute approximate surface area is 193 Å². The molecule has 0 aliphatic carbocycles. The number of nitrogens with one attached hydrogen (secondary N) is 2. The third-order valence-electron chi connectivity index (χ3n) is 5.55. The van der Waals surface area contributed by atoms with Crippen molar-refractivity contribution in [1.29, 1.82) is 0 Å². The van der Waals surface area contributed by atoms with Gasteiger partial charge in [0.1, 0.15) is 5.54 Å². The number of fused-ring (bicyclic) bond motifs is 1. The minimum absolute atomic E-state index is 0.0304. The average Bonchev–Trinajstić information content (AvgIpc) is 2.95. The third kappa shape index (κ3) is 4.81. The lowest BCUT2D eigenvalue weighted by molar-refractivity contribution is -0.129. The molecular formula is C23H28Cl2N4O2. The van der Waals surface area contributed by atoms with Crippen LogP contribution in [0.1, 0.15) is 25.0 Å². The minimum atomic E-state index is -0.957. The van der Waals surface area contributed by atoms with Gasteiger partial charge in [-0.05, 0) is 43.7 Å². The molecule has 0 spiro atoms. The van der Waals surface area contributed by atoms with Crippen molar-refractivity contribution in [2.45, 2.75) is 31.8 Å². The van der Waals surface area contributed by atoms with Crippen molar-refractivity contribution in [1.82, 2.24) is 15.1 Å². The molecule has 0 fully saturated rings. The quantitative estimate of drug-likeness (QED) is 0.641. The Morgan fingerprint density at radius 1 is 1.13 bits per heavy atom. The first-order chi connectivity index (χ1) is 14.6. The number of anilines is 1. The first kappa shape index (κ1) is 23.4. The van der Waals surface area contributed by atoms with E-state index in [-0.39, 0.29) is 18.0 Å². The molecule has 1 aliphatic heterocycles. The number of carbonyl (C=O) groups excluding carboxylic acids is 2. The fraction of sp³-hybridized carbons (Fsp3) is 0.391.